The number of nitrogens with zero attached hydrogens (tertiary/aromatic N) is 3. The van der Waals surface area contributed by atoms with Crippen LogP contribution >= 0.6 is 11.6 Å². The van der Waals surface area contributed by atoms with E-state index in [1.807, 2.05) is 25.1 Å². The van der Waals surface area contributed by atoms with Crippen molar-refractivity contribution < 1.29 is 14.4 Å². The van der Waals surface area contributed by atoms with Crippen LogP contribution in [0.4, 0.5) is 17.1 Å². The maximum absolute atomic E-state index is 12.8. The molecule has 0 saturated carbocycles. The highest BCUT2D eigenvalue weighted by molar-refractivity contribution is 6.45. The Bertz CT molecular complexity index is 1070. The van der Waals surface area contributed by atoms with Crippen molar-refractivity contribution in [1.82, 2.24) is 0 Å². The molecule has 2 aromatic rings. The van der Waals surface area contributed by atoms with Crippen LogP contribution in [0.15, 0.2) is 47.6 Å². The first-order valence-corrected chi connectivity index (χ1v) is 10.2. The Balaban J connectivity index is 1.57. The van der Waals surface area contributed by atoms with Crippen molar-refractivity contribution in [2.24, 2.45) is 5.10 Å². The van der Waals surface area contributed by atoms with Crippen LogP contribution in [0.5, 0.6) is 0 Å². The monoisotopic (exact) mass is 424 g/mol. The molecule has 1 N–H and O–H groups in total. The van der Waals surface area contributed by atoms with E-state index in [1.165, 1.54) is 5.01 Å². The molecule has 2 aromatic carbocycles. The third-order valence-corrected chi connectivity index (χ3v) is 5.45. The molecule has 0 unspecified atom stereocenters. The zero-order chi connectivity index (χ0) is 21.3. The van der Waals surface area contributed by atoms with Gasteiger partial charge in [-0.1, -0.05) is 23.7 Å². The van der Waals surface area contributed by atoms with Crippen molar-refractivity contribution in [3.63, 3.8) is 0 Å². The summed E-state index contributed by atoms with van der Waals surface area (Å²) in [4.78, 5) is 38.9. The fourth-order valence-corrected chi connectivity index (χ4v) is 3.74. The number of hydrogen-bond acceptors (Lipinski definition) is 4. The van der Waals surface area contributed by atoms with Crippen LogP contribution in [-0.2, 0) is 14.4 Å². The molecule has 7 nitrogen and oxygen atoms in total. The van der Waals surface area contributed by atoms with Gasteiger partial charge in [-0.2, -0.15) is 5.10 Å². The lowest BCUT2D eigenvalue weighted by molar-refractivity contribution is -0.119. The van der Waals surface area contributed by atoms with Crippen LogP contribution in [0.3, 0.4) is 0 Å². The van der Waals surface area contributed by atoms with Gasteiger partial charge in [-0.25, -0.2) is 5.01 Å². The highest BCUT2D eigenvalue weighted by Crippen LogP contribution is 2.30. The zero-order valence-electron chi connectivity index (χ0n) is 16.5. The van der Waals surface area contributed by atoms with E-state index in [4.69, 9.17) is 11.6 Å². The quantitative estimate of drug-likeness (QED) is 0.808. The highest BCUT2D eigenvalue weighted by Gasteiger charge is 2.27. The van der Waals surface area contributed by atoms with E-state index in [0.717, 1.165) is 12.0 Å². The summed E-state index contributed by atoms with van der Waals surface area (Å²) < 4.78 is 0. The van der Waals surface area contributed by atoms with Gasteiger partial charge in [0.15, 0.2) is 0 Å². The first-order chi connectivity index (χ1) is 14.4. The number of carbonyl (C=O) groups is 3. The predicted molar refractivity (Wildman–Crippen MR) is 117 cm³/mol. The molecule has 1 saturated heterocycles. The summed E-state index contributed by atoms with van der Waals surface area (Å²) in [5, 5.41) is 8.70. The molecule has 0 spiro atoms. The number of amides is 3. The number of hydrogen-bond donors (Lipinski definition) is 1. The molecule has 2 aliphatic heterocycles. The van der Waals surface area contributed by atoms with Gasteiger partial charge in [0.05, 0.1) is 16.4 Å². The Labute approximate surface area is 179 Å². The number of aryl methyl sites for hydroxylation is 1. The number of carbonyl (C=O) groups excluding carboxylic acids is 3. The minimum absolute atomic E-state index is 0.0542. The minimum atomic E-state index is -0.424. The molecule has 30 heavy (non-hydrogen) atoms. The largest absolute Gasteiger partial charge is 0.319 e. The molecule has 4 rings (SSSR count). The van der Waals surface area contributed by atoms with Crippen molar-refractivity contribution in [2.45, 2.75) is 32.6 Å². The van der Waals surface area contributed by atoms with Crippen molar-refractivity contribution >= 4 is 52.1 Å². The number of benzene rings is 2. The van der Waals surface area contributed by atoms with E-state index < -0.39 is 5.91 Å². The Morgan fingerprint density at radius 3 is 2.60 bits per heavy atom. The second-order valence-corrected chi connectivity index (χ2v) is 7.77. The number of rotatable bonds is 4. The SMILES string of the molecule is Cc1cccc(N2N=C(C(=O)Nc3cc(N4CCCC4=O)ccc3Cl)CCC2=O)c1. The van der Waals surface area contributed by atoms with Crippen LogP contribution in [0.25, 0.3) is 0 Å². The summed E-state index contributed by atoms with van der Waals surface area (Å²) in [7, 11) is 0. The zero-order valence-corrected chi connectivity index (χ0v) is 17.3. The van der Waals surface area contributed by atoms with Gasteiger partial charge in [0.25, 0.3) is 5.91 Å². The van der Waals surface area contributed by atoms with E-state index in [0.29, 0.717) is 35.1 Å². The molecule has 8 heteroatoms. The predicted octanol–water partition coefficient (Wildman–Crippen LogP) is 3.90. The maximum atomic E-state index is 12.8. The van der Waals surface area contributed by atoms with Crippen LogP contribution in [0.1, 0.15) is 31.2 Å². The molecule has 2 heterocycles. The summed E-state index contributed by atoms with van der Waals surface area (Å²) in [5.74, 6) is -0.532. The van der Waals surface area contributed by atoms with Gasteiger partial charge in [-0.3, -0.25) is 14.4 Å². The fraction of sp³-hybridized carbons (Fsp3) is 0.273. The topological polar surface area (TPSA) is 82.1 Å². The van der Waals surface area contributed by atoms with E-state index >= 15 is 0 Å². The average Bonchev–Trinajstić information content (AvgIpc) is 3.16. The standard InChI is InChI=1S/C22H21ClN4O3/c1-14-4-2-5-16(12-14)27-21(29)10-9-18(25-27)22(30)24-19-13-15(7-8-17(19)23)26-11-3-6-20(26)28/h2,4-5,7-8,12-13H,3,6,9-11H2,1H3,(H,24,30). The summed E-state index contributed by atoms with van der Waals surface area (Å²) in [6, 6.07) is 12.5. The summed E-state index contributed by atoms with van der Waals surface area (Å²) in [5.41, 5.74) is 2.96. The number of anilines is 3. The van der Waals surface area contributed by atoms with E-state index in [1.54, 1.807) is 29.2 Å². The number of nitrogens with one attached hydrogen (secondary N) is 1. The molecule has 0 atom stereocenters. The lowest BCUT2D eigenvalue weighted by Crippen LogP contribution is -2.36. The lowest BCUT2D eigenvalue weighted by Gasteiger charge is -2.23. The molecular weight excluding hydrogens is 404 g/mol. The normalized spacial score (nSPS) is 16.7. The fourth-order valence-electron chi connectivity index (χ4n) is 3.57. The second-order valence-electron chi connectivity index (χ2n) is 7.36. The average molecular weight is 425 g/mol. The van der Waals surface area contributed by atoms with Crippen molar-refractivity contribution in [1.29, 1.82) is 0 Å². The smallest absolute Gasteiger partial charge is 0.271 e. The molecule has 154 valence electrons. The third kappa shape index (κ3) is 4.07. The Morgan fingerprint density at radius 1 is 1.03 bits per heavy atom. The Morgan fingerprint density at radius 2 is 1.87 bits per heavy atom. The van der Waals surface area contributed by atoms with Crippen LogP contribution in [0, 0.1) is 6.92 Å². The molecule has 3 amide bonds. The third-order valence-electron chi connectivity index (χ3n) is 5.12. The Hall–Kier alpha value is -3.19. The van der Waals surface area contributed by atoms with Gasteiger partial charge in [-0.05, 0) is 49.2 Å². The van der Waals surface area contributed by atoms with Gasteiger partial charge in [-0.15, -0.1) is 0 Å². The number of halogens is 1. The van der Waals surface area contributed by atoms with Gasteiger partial charge in [0.2, 0.25) is 11.8 Å². The summed E-state index contributed by atoms with van der Waals surface area (Å²) in [6.45, 7) is 2.57. The van der Waals surface area contributed by atoms with Crippen LogP contribution in [-0.4, -0.2) is 30.0 Å². The summed E-state index contributed by atoms with van der Waals surface area (Å²) in [6.07, 6.45) is 1.76. The summed E-state index contributed by atoms with van der Waals surface area (Å²) >= 11 is 6.26. The molecule has 0 aromatic heterocycles. The van der Waals surface area contributed by atoms with Crippen molar-refractivity contribution in [2.75, 3.05) is 21.8 Å². The highest BCUT2D eigenvalue weighted by atomic mass is 35.5. The van der Waals surface area contributed by atoms with Gasteiger partial charge < -0.3 is 10.2 Å². The first kappa shape index (κ1) is 20.1. The van der Waals surface area contributed by atoms with Crippen LogP contribution < -0.4 is 15.2 Å². The Kier molecular flexibility index (Phi) is 5.55. The molecule has 0 bridgehead atoms. The van der Waals surface area contributed by atoms with Gasteiger partial charge in [0.1, 0.15) is 5.71 Å². The van der Waals surface area contributed by atoms with E-state index in [9.17, 15) is 14.4 Å². The van der Waals surface area contributed by atoms with Crippen molar-refractivity contribution in [3.05, 3.63) is 53.1 Å². The first-order valence-electron chi connectivity index (χ1n) is 9.81. The second kappa shape index (κ2) is 8.28. The molecular formula is C22H21ClN4O3. The van der Waals surface area contributed by atoms with Gasteiger partial charge >= 0.3 is 0 Å². The molecule has 2 aliphatic rings. The maximum Gasteiger partial charge on any atom is 0.271 e. The minimum Gasteiger partial charge on any atom is -0.319 e. The molecule has 0 radical (unpaired) electrons. The van der Waals surface area contributed by atoms with E-state index in [2.05, 4.69) is 10.4 Å². The van der Waals surface area contributed by atoms with Crippen molar-refractivity contribution in [3.8, 4) is 0 Å². The van der Waals surface area contributed by atoms with Crippen LogP contribution in [0.2, 0.25) is 5.02 Å². The lowest BCUT2D eigenvalue weighted by atomic mass is 10.1. The molecule has 0 aliphatic carbocycles. The number of hydrazone groups is 1. The van der Waals surface area contributed by atoms with E-state index in [-0.39, 0.29) is 30.4 Å². The molecule has 1 fully saturated rings. The van der Waals surface area contributed by atoms with Gasteiger partial charge in [0, 0.05) is 31.5 Å².